The lowest BCUT2D eigenvalue weighted by Gasteiger charge is -2.16. The molecule has 0 amide bonds. The SMILES string of the molecule is [2H]C([2H])(CC(C)(C)C)C(=O)OOC(=O)c1cccc(Cl)c1. The van der Waals surface area contributed by atoms with Crippen molar-refractivity contribution in [3.8, 4) is 0 Å². The van der Waals surface area contributed by atoms with Crippen LogP contribution in [0.3, 0.4) is 0 Å². The second kappa shape index (κ2) is 6.57. The highest BCUT2D eigenvalue weighted by Crippen LogP contribution is 2.20. The van der Waals surface area contributed by atoms with Crippen molar-refractivity contribution in [3.63, 3.8) is 0 Å². The van der Waals surface area contributed by atoms with Crippen LogP contribution in [-0.4, -0.2) is 11.9 Å². The van der Waals surface area contributed by atoms with Crippen molar-refractivity contribution in [1.82, 2.24) is 0 Å². The van der Waals surface area contributed by atoms with Gasteiger partial charge in [-0.25, -0.2) is 19.4 Å². The summed E-state index contributed by atoms with van der Waals surface area (Å²) in [6.07, 6.45) is -2.31. The molecular weight excluding hydrogens is 268 g/mol. The van der Waals surface area contributed by atoms with Crippen molar-refractivity contribution < 1.29 is 22.1 Å². The van der Waals surface area contributed by atoms with Crippen molar-refractivity contribution in [2.75, 3.05) is 0 Å². The van der Waals surface area contributed by atoms with Crippen LogP contribution in [0.4, 0.5) is 0 Å². The van der Waals surface area contributed by atoms with E-state index >= 15 is 0 Å². The molecule has 0 atom stereocenters. The molecule has 0 fully saturated rings. The minimum absolute atomic E-state index is 0.0620. The van der Waals surface area contributed by atoms with Gasteiger partial charge < -0.3 is 0 Å². The van der Waals surface area contributed by atoms with Crippen LogP contribution in [0.1, 0.15) is 46.7 Å². The molecule has 1 rings (SSSR count). The number of hydrogen-bond donors (Lipinski definition) is 0. The summed E-state index contributed by atoms with van der Waals surface area (Å²) in [5, 5.41) is 0.332. The van der Waals surface area contributed by atoms with Crippen molar-refractivity contribution in [2.24, 2.45) is 5.41 Å². The van der Waals surface area contributed by atoms with E-state index in [1.807, 2.05) is 0 Å². The van der Waals surface area contributed by atoms with E-state index in [-0.39, 0.29) is 12.0 Å². The maximum absolute atomic E-state index is 11.6. The molecule has 0 radical (unpaired) electrons. The molecule has 0 saturated carbocycles. The average Bonchev–Trinajstić information content (AvgIpc) is 2.32. The number of halogens is 1. The first-order valence-electron chi connectivity index (χ1n) is 6.70. The molecule has 0 unspecified atom stereocenters. The number of carbonyl (C=O) groups excluding carboxylic acids is 2. The second-order valence-electron chi connectivity index (χ2n) is 5.17. The third kappa shape index (κ3) is 6.25. The Morgan fingerprint density at radius 3 is 2.58 bits per heavy atom. The van der Waals surface area contributed by atoms with E-state index in [1.165, 1.54) is 12.1 Å². The van der Waals surface area contributed by atoms with Crippen molar-refractivity contribution >= 4 is 23.5 Å². The van der Waals surface area contributed by atoms with E-state index in [0.29, 0.717) is 5.02 Å². The van der Waals surface area contributed by atoms with Gasteiger partial charge >= 0.3 is 11.9 Å². The van der Waals surface area contributed by atoms with Crippen LogP contribution in [-0.2, 0) is 14.6 Å². The Labute approximate surface area is 120 Å². The number of benzene rings is 1. The van der Waals surface area contributed by atoms with E-state index in [9.17, 15) is 9.59 Å². The maximum Gasteiger partial charge on any atom is 0.386 e. The molecule has 0 N–H and O–H groups in total. The number of carbonyl (C=O) groups is 2. The van der Waals surface area contributed by atoms with Gasteiger partial charge in [0, 0.05) is 7.76 Å². The largest absolute Gasteiger partial charge is 0.386 e. The summed E-state index contributed by atoms with van der Waals surface area (Å²) in [6.45, 7) is 5.36. The fourth-order valence-corrected chi connectivity index (χ4v) is 1.30. The van der Waals surface area contributed by atoms with Gasteiger partial charge in [0.25, 0.3) is 0 Å². The molecule has 104 valence electrons. The van der Waals surface area contributed by atoms with Crippen molar-refractivity contribution in [1.29, 1.82) is 0 Å². The molecule has 19 heavy (non-hydrogen) atoms. The van der Waals surface area contributed by atoms with Crippen LogP contribution in [0.15, 0.2) is 24.3 Å². The van der Waals surface area contributed by atoms with Gasteiger partial charge in [-0.1, -0.05) is 38.4 Å². The zero-order chi connectivity index (χ0) is 16.3. The summed E-state index contributed by atoms with van der Waals surface area (Å²) in [5.74, 6) is -2.16. The molecular formula is C14H17ClO4. The second-order valence-corrected chi connectivity index (χ2v) is 5.60. The van der Waals surface area contributed by atoms with Gasteiger partial charge in [0.2, 0.25) is 0 Å². The minimum atomic E-state index is -2.24. The minimum Gasteiger partial charge on any atom is -0.247 e. The Bertz CT molecular complexity index is 538. The highest BCUT2D eigenvalue weighted by molar-refractivity contribution is 6.30. The highest BCUT2D eigenvalue weighted by atomic mass is 35.5. The smallest absolute Gasteiger partial charge is 0.247 e. The van der Waals surface area contributed by atoms with E-state index in [4.69, 9.17) is 14.3 Å². The number of hydrogen-bond acceptors (Lipinski definition) is 4. The predicted molar refractivity (Wildman–Crippen MR) is 71.6 cm³/mol. The summed E-state index contributed by atoms with van der Waals surface area (Å²) in [4.78, 5) is 31.9. The lowest BCUT2D eigenvalue weighted by molar-refractivity contribution is -0.234. The molecule has 0 spiro atoms. The van der Waals surface area contributed by atoms with E-state index in [0.717, 1.165) is 0 Å². The van der Waals surface area contributed by atoms with E-state index in [1.54, 1.807) is 32.9 Å². The fraction of sp³-hybridized carbons (Fsp3) is 0.429. The Balaban J connectivity index is 2.62. The zero-order valence-corrected chi connectivity index (χ0v) is 11.8. The molecule has 0 bridgehead atoms. The lowest BCUT2D eigenvalue weighted by Crippen LogP contribution is -2.14. The first-order chi connectivity index (χ1) is 9.51. The maximum atomic E-state index is 11.6. The molecule has 5 heteroatoms. The van der Waals surface area contributed by atoms with E-state index < -0.39 is 23.7 Å². The Hall–Kier alpha value is -1.55. The summed E-state index contributed by atoms with van der Waals surface area (Å²) < 4.78 is 15.3. The Morgan fingerprint density at radius 1 is 1.32 bits per heavy atom. The Kier molecular flexibility index (Phi) is 4.32. The molecule has 0 aromatic heterocycles. The first kappa shape index (κ1) is 12.5. The van der Waals surface area contributed by atoms with Crippen LogP contribution in [0.25, 0.3) is 0 Å². The third-order valence-electron chi connectivity index (χ3n) is 2.02. The third-order valence-corrected chi connectivity index (χ3v) is 2.25. The van der Waals surface area contributed by atoms with Gasteiger partial charge in [0.1, 0.15) is 0 Å². The van der Waals surface area contributed by atoms with Crippen LogP contribution >= 0.6 is 11.6 Å². The summed E-state index contributed by atoms with van der Waals surface area (Å²) in [6, 6.07) is 5.90. The lowest BCUT2D eigenvalue weighted by atomic mass is 9.91. The Morgan fingerprint density at radius 2 is 2.00 bits per heavy atom. The molecule has 4 nitrogen and oxygen atoms in total. The van der Waals surface area contributed by atoms with Crippen LogP contribution in [0, 0.1) is 5.41 Å². The fourth-order valence-electron chi connectivity index (χ4n) is 1.11. The van der Waals surface area contributed by atoms with Gasteiger partial charge in [0.05, 0.1) is 11.9 Å². The average molecular weight is 287 g/mol. The van der Waals surface area contributed by atoms with Crippen LogP contribution in [0.5, 0.6) is 0 Å². The zero-order valence-electron chi connectivity index (χ0n) is 13.0. The number of rotatable bonds is 3. The van der Waals surface area contributed by atoms with Gasteiger partial charge in [-0.3, -0.25) is 0 Å². The molecule has 0 aliphatic heterocycles. The highest BCUT2D eigenvalue weighted by Gasteiger charge is 2.16. The molecule has 0 saturated heterocycles. The molecule has 0 aliphatic rings. The predicted octanol–water partition coefficient (Wildman–Crippen LogP) is 3.78. The van der Waals surface area contributed by atoms with Gasteiger partial charge in [-0.2, -0.15) is 0 Å². The summed E-state index contributed by atoms with van der Waals surface area (Å²) in [5.41, 5.74) is -0.314. The summed E-state index contributed by atoms with van der Waals surface area (Å²) in [7, 11) is 0. The normalized spacial score (nSPS) is 13.3. The monoisotopic (exact) mass is 286 g/mol. The molecule has 1 aromatic carbocycles. The van der Waals surface area contributed by atoms with E-state index in [2.05, 4.69) is 9.78 Å². The molecule has 1 aromatic rings. The van der Waals surface area contributed by atoms with Crippen LogP contribution < -0.4 is 0 Å². The van der Waals surface area contributed by atoms with Gasteiger partial charge in [-0.05, 0) is 30.0 Å². The van der Waals surface area contributed by atoms with Crippen LogP contribution in [0.2, 0.25) is 5.02 Å². The summed E-state index contributed by atoms with van der Waals surface area (Å²) >= 11 is 5.72. The molecule has 0 aliphatic carbocycles. The standard InChI is InChI=1S/C14H17ClO4/c1-14(2,3)8-7-12(16)18-19-13(17)10-5-4-6-11(15)9-10/h4-6,9H,7-8H2,1-3H3/i7D2. The van der Waals surface area contributed by atoms with Gasteiger partial charge in [0.15, 0.2) is 0 Å². The quantitative estimate of drug-likeness (QED) is 0.627. The van der Waals surface area contributed by atoms with Crippen molar-refractivity contribution in [3.05, 3.63) is 34.9 Å². The first-order valence-corrected chi connectivity index (χ1v) is 6.08. The van der Waals surface area contributed by atoms with Gasteiger partial charge in [-0.15, -0.1) is 0 Å². The molecule has 0 heterocycles. The topological polar surface area (TPSA) is 52.6 Å². The van der Waals surface area contributed by atoms with Crippen molar-refractivity contribution in [2.45, 2.75) is 33.6 Å².